The minimum Gasteiger partial charge on any atom is -0.415 e. The molecule has 0 spiro atoms. The first kappa shape index (κ1) is 23.0. The number of pyridine rings is 1. The van der Waals surface area contributed by atoms with Crippen LogP contribution in [0.3, 0.4) is 0 Å². The Hall–Kier alpha value is -3.19. The Morgan fingerprint density at radius 2 is 2.06 bits per heavy atom. The van der Waals surface area contributed by atoms with Crippen LogP contribution in [0.5, 0.6) is 0 Å². The lowest BCUT2D eigenvalue weighted by Crippen LogP contribution is -2.58. The monoisotopic (exact) mass is 477 g/mol. The van der Waals surface area contributed by atoms with E-state index in [0.717, 1.165) is 4.90 Å². The smallest absolute Gasteiger partial charge is 0.321 e. The molecule has 8 nitrogen and oxygen atoms in total. The zero-order valence-corrected chi connectivity index (χ0v) is 17.0. The number of hydrogen-bond donors (Lipinski definition) is 1. The van der Waals surface area contributed by atoms with Crippen LogP contribution in [0, 0.1) is 0 Å². The van der Waals surface area contributed by atoms with Crippen LogP contribution >= 0.6 is 0 Å². The van der Waals surface area contributed by atoms with E-state index in [0.29, 0.717) is 6.92 Å². The highest BCUT2D eigenvalue weighted by Gasteiger charge is 2.49. The van der Waals surface area contributed by atoms with Gasteiger partial charge in [-0.2, -0.15) is 17.6 Å². The molecule has 2 aliphatic rings. The third-order valence-electron chi connectivity index (χ3n) is 5.56. The highest BCUT2D eigenvalue weighted by molar-refractivity contribution is 5.99. The first-order valence-corrected chi connectivity index (χ1v) is 9.84. The Kier molecular flexibility index (Phi) is 5.56. The summed E-state index contributed by atoms with van der Waals surface area (Å²) in [5.74, 6) is -10.5. The van der Waals surface area contributed by atoms with E-state index in [9.17, 15) is 35.9 Å². The molecule has 14 heteroatoms. The number of fused-ring (bicyclic) bond motifs is 1. The Bertz CT molecular complexity index is 1090. The predicted octanol–water partition coefficient (Wildman–Crippen LogP) is 3.35. The van der Waals surface area contributed by atoms with Crippen LogP contribution < -0.4 is 5.32 Å². The van der Waals surface area contributed by atoms with Crippen LogP contribution in [0.15, 0.2) is 16.7 Å². The molecule has 3 heterocycles. The van der Waals surface area contributed by atoms with E-state index in [1.807, 2.05) is 0 Å². The minimum atomic E-state index is -3.72. The molecule has 1 saturated carbocycles. The van der Waals surface area contributed by atoms with Gasteiger partial charge >= 0.3 is 12.3 Å². The van der Waals surface area contributed by atoms with Gasteiger partial charge in [-0.1, -0.05) is 0 Å². The molecule has 0 saturated heterocycles. The number of amides is 2. The van der Waals surface area contributed by atoms with Crippen LogP contribution in [0.4, 0.5) is 26.3 Å². The van der Waals surface area contributed by atoms with Crippen LogP contribution in [-0.2, 0) is 11.3 Å². The molecule has 178 valence electrons. The first-order valence-electron chi connectivity index (χ1n) is 9.84. The van der Waals surface area contributed by atoms with Gasteiger partial charge in [-0.25, -0.2) is 8.78 Å². The van der Waals surface area contributed by atoms with Crippen molar-refractivity contribution in [2.45, 2.75) is 63.1 Å². The third-order valence-corrected chi connectivity index (χ3v) is 5.56. The Morgan fingerprint density at radius 1 is 1.33 bits per heavy atom. The van der Waals surface area contributed by atoms with Gasteiger partial charge in [0.05, 0.1) is 29.4 Å². The van der Waals surface area contributed by atoms with E-state index in [-0.39, 0.29) is 35.7 Å². The van der Waals surface area contributed by atoms with Crippen molar-refractivity contribution in [3.05, 3.63) is 29.4 Å². The van der Waals surface area contributed by atoms with Crippen molar-refractivity contribution < 1.29 is 40.3 Å². The minimum absolute atomic E-state index is 0.0101. The average Bonchev–Trinajstić information content (AvgIpc) is 3.34. The second kappa shape index (κ2) is 7.99. The molecule has 1 aliphatic carbocycles. The summed E-state index contributed by atoms with van der Waals surface area (Å²) in [5.41, 5.74) is 0.258. The van der Waals surface area contributed by atoms with Crippen molar-refractivity contribution in [2.75, 3.05) is 0 Å². The Morgan fingerprint density at radius 3 is 2.70 bits per heavy atom. The quantitative estimate of drug-likeness (QED) is 0.663. The highest BCUT2D eigenvalue weighted by atomic mass is 19.3. The van der Waals surface area contributed by atoms with Gasteiger partial charge in [-0.15, -0.1) is 10.2 Å². The van der Waals surface area contributed by atoms with Gasteiger partial charge < -0.3 is 14.6 Å². The molecule has 0 radical (unpaired) electrons. The maximum Gasteiger partial charge on any atom is 0.321 e. The Labute approximate surface area is 182 Å². The molecule has 2 amide bonds. The van der Waals surface area contributed by atoms with E-state index in [4.69, 9.17) is 4.42 Å². The second-order valence-corrected chi connectivity index (χ2v) is 8.03. The maximum atomic E-state index is 14.2. The summed E-state index contributed by atoms with van der Waals surface area (Å²) < 4.78 is 85.2. The van der Waals surface area contributed by atoms with Gasteiger partial charge in [-0.05, 0) is 12.5 Å². The number of carbonyl (C=O) groups excluding carboxylic acids is 2. The number of rotatable bonds is 5. The number of nitrogens with one attached hydrogen (secondary N) is 1. The van der Waals surface area contributed by atoms with Crippen LogP contribution in [0.25, 0.3) is 11.5 Å². The van der Waals surface area contributed by atoms with Gasteiger partial charge in [0, 0.05) is 32.0 Å². The van der Waals surface area contributed by atoms with Gasteiger partial charge in [-0.3, -0.25) is 14.6 Å². The van der Waals surface area contributed by atoms with E-state index in [2.05, 4.69) is 20.5 Å². The zero-order chi connectivity index (χ0) is 24.1. The largest absolute Gasteiger partial charge is 0.415 e. The summed E-state index contributed by atoms with van der Waals surface area (Å²) >= 11 is 0. The molecule has 2 atom stereocenters. The number of halogens is 6. The molecule has 2 aromatic rings. The fraction of sp³-hybridized carbons (Fsp3) is 0.526. The Balaban J connectivity index is 1.60. The molecular weight excluding hydrogens is 460 g/mol. The third kappa shape index (κ3) is 4.50. The van der Waals surface area contributed by atoms with E-state index in [1.165, 1.54) is 12.3 Å². The number of carbonyl (C=O) groups is 2. The maximum absolute atomic E-state index is 14.2. The summed E-state index contributed by atoms with van der Waals surface area (Å²) in [7, 11) is 0. The summed E-state index contributed by atoms with van der Waals surface area (Å²) in [6, 6.07) is -1.13. The van der Waals surface area contributed by atoms with Crippen molar-refractivity contribution >= 4 is 11.8 Å². The molecule has 4 rings (SSSR count). The van der Waals surface area contributed by atoms with Crippen molar-refractivity contribution in [1.29, 1.82) is 0 Å². The van der Waals surface area contributed by atoms with E-state index < -0.39 is 60.9 Å². The lowest BCUT2D eigenvalue weighted by molar-refractivity contribution is -0.146. The normalized spacial score (nSPS) is 22.5. The standard InChI is InChI=1S/C19H17F6N5O3/c1-18(22,23)17(32)27-10-2-3-19(24,25)5-12(10)30-7-11-9(16(30)31)4-8(6-26-11)14-28-29-15(33-14)13(20)21/h4,6,10,12-13H,2-3,5,7H2,1H3,(H,27,32)/t10-,12-/m1/s1. The van der Waals surface area contributed by atoms with Gasteiger partial charge in [0.25, 0.3) is 17.7 Å². The second-order valence-electron chi connectivity index (χ2n) is 8.03. The molecule has 1 aliphatic heterocycles. The SMILES string of the molecule is CC(F)(F)C(=O)N[C@@H]1CCC(F)(F)C[C@H]1N1Cc2ncc(-c3nnc(C(F)F)o3)cc2C1=O. The average molecular weight is 477 g/mol. The molecule has 1 N–H and O–H groups in total. The van der Waals surface area contributed by atoms with E-state index in [1.54, 1.807) is 0 Å². The van der Waals surface area contributed by atoms with Crippen LogP contribution in [0.2, 0.25) is 0 Å². The van der Waals surface area contributed by atoms with Gasteiger partial charge in [0.2, 0.25) is 11.8 Å². The molecule has 33 heavy (non-hydrogen) atoms. The summed E-state index contributed by atoms with van der Waals surface area (Å²) in [5, 5.41) is 8.75. The van der Waals surface area contributed by atoms with Crippen LogP contribution in [0.1, 0.15) is 54.6 Å². The molecular formula is C19H17F6N5O3. The summed E-state index contributed by atoms with van der Waals surface area (Å²) in [4.78, 5) is 29.9. The zero-order valence-electron chi connectivity index (χ0n) is 17.0. The molecule has 2 aromatic heterocycles. The van der Waals surface area contributed by atoms with Gasteiger partial charge in [0.15, 0.2) is 0 Å². The van der Waals surface area contributed by atoms with Crippen LogP contribution in [-0.4, -0.2) is 55.8 Å². The number of aromatic nitrogens is 3. The summed E-state index contributed by atoms with van der Waals surface area (Å²) in [6.07, 6.45) is -3.57. The van der Waals surface area contributed by atoms with Crippen molar-refractivity contribution in [3.63, 3.8) is 0 Å². The number of nitrogens with zero attached hydrogens (tertiary/aromatic N) is 4. The molecule has 0 aromatic carbocycles. The van der Waals surface area contributed by atoms with E-state index >= 15 is 0 Å². The lowest BCUT2D eigenvalue weighted by atomic mass is 9.86. The van der Waals surface area contributed by atoms with Crippen molar-refractivity contribution in [2.24, 2.45) is 0 Å². The molecule has 0 unspecified atom stereocenters. The molecule has 0 bridgehead atoms. The topological polar surface area (TPSA) is 101 Å². The van der Waals surface area contributed by atoms with Crippen molar-refractivity contribution in [1.82, 2.24) is 25.4 Å². The number of hydrogen-bond acceptors (Lipinski definition) is 6. The lowest BCUT2D eigenvalue weighted by Gasteiger charge is -2.41. The summed E-state index contributed by atoms with van der Waals surface area (Å²) in [6.45, 7) is 0.185. The molecule has 1 fully saturated rings. The highest BCUT2D eigenvalue weighted by Crippen LogP contribution is 2.39. The van der Waals surface area contributed by atoms with Crippen molar-refractivity contribution in [3.8, 4) is 11.5 Å². The van der Waals surface area contributed by atoms with Gasteiger partial charge in [0.1, 0.15) is 0 Å². The first-order chi connectivity index (χ1) is 15.4. The number of alkyl halides is 6. The fourth-order valence-corrected chi connectivity index (χ4v) is 3.92. The fourth-order valence-electron chi connectivity index (χ4n) is 3.92. The predicted molar refractivity (Wildman–Crippen MR) is 97.5 cm³/mol.